The topological polar surface area (TPSA) is 80.2 Å². The first-order chi connectivity index (χ1) is 12.6. The van der Waals surface area contributed by atoms with Crippen molar-refractivity contribution in [3.8, 4) is 11.5 Å². The maximum Gasteiger partial charge on any atom is 0.271 e. The average molecular weight is 353 g/mol. The molecule has 2 amide bonds. The van der Waals surface area contributed by atoms with E-state index in [1.165, 1.54) is 19.2 Å². The quantitative estimate of drug-likeness (QED) is 0.896. The normalized spacial score (nSPS) is 13.8. The predicted octanol–water partition coefficient (Wildman–Crippen LogP) is 2.83. The Kier molecular flexibility index (Phi) is 5.17. The van der Waals surface area contributed by atoms with Gasteiger partial charge in [-0.1, -0.05) is 18.2 Å². The predicted molar refractivity (Wildman–Crippen MR) is 98.8 cm³/mol. The van der Waals surface area contributed by atoms with Crippen LogP contribution in [0.5, 0.6) is 11.5 Å². The van der Waals surface area contributed by atoms with Crippen LogP contribution in [0.1, 0.15) is 12.8 Å². The van der Waals surface area contributed by atoms with Crippen molar-refractivity contribution in [2.24, 2.45) is 5.10 Å². The molecule has 0 bridgehead atoms. The highest BCUT2D eigenvalue weighted by Gasteiger charge is 2.25. The molecule has 1 aliphatic rings. The first-order valence-electron chi connectivity index (χ1n) is 8.10. The molecule has 0 saturated carbocycles. The van der Waals surface area contributed by atoms with Gasteiger partial charge in [-0.3, -0.25) is 9.59 Å². The number of benzene rings is 2. The summed E-state index contributed by atoms with van der Waals surface area (Å²) in [6, 6.07) is 14.1. The fourth-order valence-corrected chi connectivity index (χ4v) is 2.57. The number of hydrogen-bond acceptors (Lipinski definition) is 5. The highest BCUT2D eigenvalue weighted by Crippen LogP contribution is 2.26. The van der Waals surface area contributed by atoms with Gasteiger partial charge in [-0.15, -0.1) is 0 Å². The lowest BCUT2D eigenvalue weighted by Gasteiger charge is -2.23. The summed E-state index contributed by atoms with van der Waals surface area (Å²) in [6.45, 7) is 0. The Bertz CT molecular complexity index is 827. The van der Waals surface area contributed by atoms with E-state index in [1.54, 1.807) is 30.3 Å². The van der Waals surface area contributed by atoms with Gasteiger partial charge in [-0.2, -0.15) is 5.10 Å². The largest absolute Gasteiger partial charge is 0.497 e. The van der Waals surface area contributed by atoms with Gasteiger partial charge in [-0.05, 0) is 12.1 Å². The van der Waals surface area contributed by atoms with Gasteiger partial charge in [0.25, 0.3) is 5.91 Å². The second-order valence-electron chi connectivity index (χ2n) is 5.64. The van der Waals surface area contributed by atoms with E-state index in [1.807, 2.05) is 18.2 Å². The molecule has 0 radical (unpaired) electrons. The summed E-state index contributed by atoms with van der Waals surface area (Å²) in [5.41, 5.74) is 1.44. The lowest BCUT2D eigenvalue weighted by Crippen LogP contribution is -2.36. The Morgan fingerprint density at radius 1 is 1.04 bits per heavy atom. The number of hydrazone groups is 1. The van der Waals surface area contributed by atoms with Crippen LogP contribution in [0.15, 0.2) is 53.6 Å². The van der Waals surface area contributed by atoms with Crippen LogP contribution < -0.4 is 19.8 Å². The zero-order valence-corrected chi connectivity index (χ0v) is 14.6. The number of methoxy groups -OCH3 is 2. The number of rotatable bonds is 5. The number of anilines is 2. The van der Waals surface area contributed by atoms with Crippen molar-refractivity contribution >= 4 is 28.9 Å². The molecule has 0 spiro atoms. The molecule has 26 heavy (non-hydrogen) atoms. The van der Waals surface area contributed by atoms with Gasteiger partial charge in [0.05, 0.1) is 19.9 Å². The van der Waals surface area contributed by atoms with Crippen LogP contribution in [0.2, 0.25) is 0 Å². The lowest BCUT2D eigenvalue weighted by atomic mass is 10.1. The second kappa shape index (κ2) is 7.69. The summed E-state index contributed by atoms with van der Waals surface area (Å²) in [5.74, 6) is 0.613. The lowest BCUT2D eigenvalue weighted by molar-refractivity contribution is -0.118. The average Bonchev–Trinajstić information content (AvgIpc) is 2.68. The van der Waals surface area contributed by atoms with E-state index >= 15 is 0 Å². The first-order valence-corrected chi connectivity index (χ1v) is 8.10. The zero-order chi connectivity index (χ0) is 18.5. The Morgan fingerprint density at radius 2 is 1.69 bits per heavy atom. The molecule has 0 unspecified atom stereocenters. The molecule has 0 atom stereocenters. The molecule has 1 aliphatic heterocycles. The summed E-state index contributed by atoms with van der Waals surface area (Å²) >= 11 is 0. The monoisotopic (exact) mass is 353 g/mol. The third-order valence-electron chi connectivity index (χ3n) is 3.90. The van der Waals surface area contributed by atoms with Crippen LogP contribution in [0, 0.1) is 0 Å². The highest BCUT2D eigenvalue weighted by molar-refractivity contribution is 6.44. The van der Waals surface area contributed by atoms with Crippen molar-refractivity contribution < 1.29 is 19.1 Å². The smallest absolute Gasteiger partial charge is 0.271 e. The van der Waals surface area contributed by atoms with Crippen LogP contribution in [-0.2, 0) is 9.59 Å². The van der Waals surface area contributed by atoms with Gasteiger partial charge in [0.15, 0.2) is 0 Å². The Balaban J connectivity index is 1.82. The van der Waals surface area contributed by atoms with Gasteiger partial charge < -0.3 is 14.8 Å². The van der Waals surface area contributed by atoms with Gasteiger partial charge in [-0.25, -0.2) is 5.01 Å². The molecular formula is C19H19N3O4. The van der Waals surface area contributed by atoms with E-state index < -0.39 is 0 Å². The second-order valence-corrected chi connectivity index (χ2v) is 5.64. The SMILES string of the molecule is COc1cc(NC(=O)C2=NN(c3ccccc3)C(=O)CC2)cc(OC)c1. The minimum atomic E-state index is -0.367. The molecule has 134 valence electrons. The zero-order valence-electron chi connectivity index (χ0n) is 14.6. The summed E-state index contributed by atoms with van der Waals surface area (Å²) in [5, 5.41) is 8.29. The van der Waals surface area contributed by atoms with E-state index in [0.717, 1.165) is 0 Å². The standard InChI is InChI=1S/C19H19N3O4/c1-25-15-10-13(11-16(12-15)26-2)20-19(24)17-8-9-18(23)22(21-17)14-6-4-3-5-7-14/h3-7,10-12H,8-9H2,1-2H3,(H,20,24). The van der Waals surface area contributed by atoms with Gasteiger partial charge in [0, 0.05) is 36.7 Å². The van der Waals surface area contributed by atoms with Crippen LogP contribution >= 0.6 is 0 Å². The van der Waals surface area contributed by atoms with Crippen molar-refractivity contribution in [2.75, 3.05) is 24.5 Å². The van der Waals surface area contributed by atoms with Crippen molar-refractivity contribution in [2.45, 2.75) is 12.8 Å². The fraction of sp³-hybridized carbons (Fsp3) is 0.211. The van der Waals surface area contributed by atoms with Gasteiger partial charge >= 0.3 is 0 Å². The summed E-state index contributed by atoms with van der Waals surface area (Å²) in [6.07, 6.45) is 0.512. The third kappa shape index (κ3) is 3.83. The highest BCUT2D eigenvalue weighted by atomic mass is 16.5. The van der Waals surface area contributed by atoms with E-state index in [9.17, 15) is 9.59 Å². The Labute approximate surface area is 151 Å². The molecule has 2 aromatic rings. The molecule has 2 aromatic carbocycles. The minimum absolute atomic E-state index is 0.143. The molecular weight excluding hydrogens is 334 g/mol. The van der Waals surface area contributed by atoms with E-state index in [4.69, 9.17) is 9.47 Å². The molecule has 3 rings (SSSR count). The Hall–Kier alpha value is -3.35. The minimum Gasteiger partial charge on any atom is -0.497 e. The molecule has 7 heteroatoms. The van der Waals surface area contributed by atoms with E-state index in [-0.39, 0.29) is 30.4 Å². The third-order valence-corrected chi connectivity index (χ3v) is 3.90. The molecule has 0 fully saturated rings. The number of para-hydroxylation sites is 1. The van der Waals surface area contributed by atoms with Crippen LogP contribution in [-0.4, -0.2) is 31.7 Å². The number of nitrogens with zero attached hydrogens (tertiary/aromatic N) is 2. The summed E-state index contributed by atoms with van der Waals surface area (Å²) in [7, 11) is 3.07. The van der Waals surface area contributed by atoms with Crippen molar-refractivity contribution in [1.82, 2.24) is 0 Å². The van der Waals surface area contributed by atoms with Gasteiger partial charge in [0.2, 0.25) is 5.91 Å². The Morgan fingerprint density at radius 3 is 2.31 bits per heavy atom. The van der Waals surface area contributed by atoms with E-state index in [0.29, 0.717) is 22.9 Å². The molecule has 1 N–H and O–H groups in total. The fourth-order valence-electron chi connectivity index (χ4n) is 2.57. The molecule has 0 saturated heterocycles. The van der Waals surface area contributed by atoms with Crippen molar-refractivity contribution in [3.05, 3.63) is 48.5 Å². The van der Waals surface area contributed by atoms with Crippen LogP contribution in [0.25, 0.3) is 0 Å². The number of carbonyl (C=O) groups is 2. The molecule has 1 heterocycles. The van der Waals surface area contributed by atoms with Gasteiger partial charge in [0.1, 0.15) is 17.2 Å². The van der Waals surface area contributed by atoms with E-state index in [2.05, 4.69) is 10.4 Å². The van der Waals surface area contributed by atoms with Crippen LogP contribution in [0.3, 0.4) is 0 Å². The molecule has 7 nitrogen and oxygen atoms in total. The number of hydrogen-bond donors (Lipinski definition) is 1. The van der Waals surface area contributed by atoms with Crippen molar-refractivity contribution in [1.29, 1.82) is 0 Å². The number of ether oxygens (including phenoxy) is 2. The number of carbonyl (C=O) groups excluding carboxylic acids is 2. The number of amides is 2. The summed E-state index contributed by atoms with van der Waals surface area (Å²) in [4.78, 5) is 24.7. The van der Waals surface area contributed by atoms with Crippen LogP contribution in [0.4, 0.5) is 11.4 Å². The molecule has 0 aromatic heterocycles. The molecule has 0 aliphatic carbocycles. The summed E-state index contributed by atoms with van der Waals surface area (Å²) < 4.78 is 10.4. The van der Waals surface area contributed by atoms with Crippen molar-refractivity contribution in [3.63, 3.8) is 0 Å². The maximum absolute atomic E-state index is 12.6. The maximum atomic E-state index is 12.6. The first kappa shape index (κ1) is 17.5. The number of nitrogens with one attached hydrogen (secondary N) is 1.